The van der Waals surface area contributed by atoms with Crippen molar-refractivity contribution >= 4 is 6.03 Å². The summed E-state index contributed by atoms with van der Waals surface area (Å²) in [5.41, 5.74) is 3.47. The summed E-state index contributed by atoms with van der Waals surface area (Å²) in [5.74, 6) is 1.08. The minimum absolute atomic E-state index is 0.154. The Balaban J connectivity index is 1.60. The van der Waals surface area contributed by atoms with Crippen LogP contribution >= 0.6 is 0 Å². The zero-order valence-electron chi connectivity index (χ0n) is 16.1. The minimum Gasteiger partial charge on any atom is -0.361 e. The molecule has 0 fully saturated rings. The van der Waals surface area contributed by atoms with Gasteiger partial charge in [-0.05, 0) is 13.0 Å². The van der Waals surface area contributed by atoms with Gasteiger partial charge in [-0.2, -0.15) is 5.10 Å². The molecule has 7 heteroatoms. The molecule has 0 unspecified atom stereocenters. The van der Waals surface area contributed by atoms with Gasteiger partial charge in [0.15, 0.2) is 0 Å². The van der Waals surface area contributed by atoms with Crippen molar-refractivity contribution in [3.8, 4) is 11.3 Å². The van der Waals surface area contributed by atoms with Crippen LogP contribution in [0.25, 0.3) is 11.3 Å². The number of H-pyrrole nitrogens is 1. The summed E-state index contributed by atoms with van der Waals surface area (Å²) in [6, 6.07) is 13.4. The molecule has 2 aromatic heterocycles. The maximum absolute atomic E-state index is 12.5. The van der Waals surface area contributed by atoms with Crippen LogP contribution in [0.4, 0.5) is 4.79 Å². The molecule has 0 spiro atoms. The fraction of sp³-hybridized carbons (Fsp3) is 0.350. The van der Waals surface area contributed by atoms with Crippen LogP contribution in [-0.2, 0) is 6.54 Å². The number of nitrogens with one attached hydrogen (secondary N) is 2. The molecule has 0 saturated carbocycles. The summed E-state index contributed by atoms with van der Waals surface area (Å²) in [5, 5.41) is 14.2. The number of benzene rings is 1. The maximum atomic E-state index is 12.5. The molecule has 0 aliphatic carbocycles. The highest BCUT2D eigenvalue weighted by molar-refractivity contribution is 5.74. The summed E-state index contributed by atoms with van der Waals surface area (Å²) < 4.78 is 5.25. The van der Waals surface area contributed by atoms with Gasteiger partial charge >= 0.3 is 6.03 Å². The van der Waals surface area contributed by atoms with Crippen molar-refractivity contribution < 1.29 is 9.32 Å². The monoisotopic (exact) mass is 367 g/mol. The van der Waals surface area contributed by atoms with Crippen molar-refractivity contribution in [1.82, 2.24) is 25.6 Å². The van der Waals surface area contributed by atoms with E-state index in [1.165, 1.54) is 0 Å². The second-order valence-electron chi connectivity index (χ2n) is 6.90. The lowest BCUT2D eigenvalue weighted by Crippen LogP contribution is -2.38. The van der Waals surface area contributed by atoms with E-state index in [0.29, 0.717) is 12.2 Å². The molecule has 1 atom stereocenters. The molecule has 0 aliphatic heterocycles. The summed E-state index contributed by atoms with van der Waals surface area (Å²) in [7, 11) is 1.76. The van der Waals surface area contributed by atoms with Gasteiger partial charge in [0.25, 0.3) is 0 Å². The third kappa shape index (κ3) is 4.36. The van der Waals surface area contributed by atoms with Gasteiger partial charge in [-0.25, -0.2) is 4.79 Å². The highest BCUT2D eigenvalue weighted by atomic mass is 16.5. The Morgan fingerprint density at radius 2 is 1.96 bits per heavy atom. The van der Waals surface area contributed by atoms with Crippen molar-refractivity contribution in [3.63, 3.8) is 0 Å². The number of rotatable bonds is 6. The van der Waals surface area contributed by atoms with E-state index < -0.39 is 0 Å². The Morgan fingerprint density at radius 3 is 2.63 bits per heavy atom. The normalized spacial score (nSPS) is 12.2. The van der Waals surface area contributed by atoms with E-state index >= 15 is 0 Å². The average Bonchev–Trinajstić information content (AvgIpc) is 3.35. The Morgan fingerprint density at radius 1 is 1.22 bits per heavy atom. The fourth-order valence-corrected chi connectivity index (χ4v) is 2.67. The van der Waals surface area contributed by atoms with E-state index in [2.05, 4.69) is 20.7 Å². The van der Waals surface area contributed by atoms with Gasteiger partial charge in [0.1, 0.15) is 11.5 Å². The number of aromatic nitrogens is 3. The Bertz CT molecular complexity index is 885. The second kappa shape index (κ2) is 8.07. The lowest BCUT2D eigenvalue weighted by molar-refractivity contribution is 0.192. The SMILES string of the molecule is CC(C)c1cc(CNC(=O)N(C)[C@@H](C)c2cc(-c3ccccc3)n[nH]2)no1. The van der Waals surface area contributed by atoms with Crippen LogP contribution in [0.3, 0.4) is 0 Å². The first-order valence-electron chi connectivity index (χ1n) is 9.02. The van der Waals surface area contributed by atoms with Gasteiger partial charge < -0.3 is 14.7 Å². The maximum Gasteiger partial charge on any atom is 0.318 e. The van der Waals surface area contributed by atoms with Crippen molar-refractivity contribution in [3.05, 3.63) is 59.6 Å². The quantitative estimate of drug-likeness (QED) is 0.687. The van der Waals surface area contributed by atoms with Crippen LogP contribution in [-0.4, -0.2) is 33.3 Å². The minimum atomic E-state index is -0.188. The average molecular weight is 367 g/mol. The van der Waals surface area contributed by atoms with E-state index in [4.69, 9.17) is 4.52 Å². The molecule has 2 heterocycles. The van der Waals surface area contributed by atoms with Crippen LogP contribution in [0.5, 0.6) is 0 Å². The third-order valence-corrected chi connectivity index (χ3v) is 4.59. The van der Waals surface area contributed by atoms with Crippen molar-refractivity contribution in [2.75, 3.05) is 7.05 Å². The largest absolute Gasteiger partial charge is 0.361 e. The van der Waals surface area contributed by atoms with Gasteiger partial charge in [0, 0.05) is 24.6 Å². The van der Waals surface area contributed by atoms with E-state index in [0.717, 1.165) is 22.7 Å². The second-order valence-corrected chi connectivity index (χ2v) is 6.90. The van der Waals surface area contributed by atoms with Gasteiger partial charge in [0.05, 0.1) is 24.0 Å². The number of hydrogen-bond acceptors (Lipinski definition) is 4. The predicted molar refractivity (Wildman–Crippen MR) is 103 cm³/mol. The molecule has 0 saturated heterocycles. The summed E-state index contributed by atoms with van der Waals surface area (Å²) >= 11 is 0. The van der Waals surface area contributed by atoms with Crippen molar-refractivity contribution in [2.45, 2.75) is 39.3 Å². The van der Waals surface area contributed by atoms with Crippen LogP contribution in [0, 0.1) is 0 Å². The van der Waals surface area contributed by atoms with Crippen molar-refractivity contribution in [1.29, 1.82) is 0 Å². The topological polar surface area (TPSA) is 87.0 Å². The van der Waals surface area contributed by atoms with Gasteiger partial charge in [0.2, 0.25) is 0 Å². The van der Waals surface area contributed by atoms with Gasteiger partial charge in [-0.15, -0.1) is 0 Å². The zero-order chi connectivity index (χ0) is 19.4. The Labute approximate surface area is 158 Å². The third-order valence-electron chi connectivity index (χ3n) is 4.59. The first-order chi connectivity index (χ1) is 13.0. The molecular formula is C20H25N5O2. The molecule has 0 bridgehead atoms. The number of nitrogens with zero attached hydrogens (tertiary/aromatic N) is 3. The van der Waals surface area contributed by atoms with E-state index in [-0.39, 0.29) is 18.0 Å². The molecule has 0 radical (unpaired) electrons. The lowest BCUT2D eigenvalue weighted by Gasteiger charge is -2.23. The zero-order valence-corrected chi connectivity index (χ0v) is 16.1. The lowest BCUT2D eigenvalue weighted by atomic mass is 10.1. The highest BCUT2D eigenvalue weighted by Crippen LogP contribution is 2.23. The first-order valence-corrected chi connectivity index (χ1v) is 9.02. The molecule has 2 amide bonds. The standard InChI is InChI=1S/C20H25N5O2/c1-13(2)19-10-16(24-27-19)12-21-20(26)25(4)14(3)17-11-18(23-22-17)15-8-6-5-7-9-15/h5-11,13-14H,12H2,1-4H3,(H,21,26)(H,22,23)/t14-/m0/s1. The number of carbonyl (C=O) groups excluding carboxylic acids is 1. The van der Waals surface area contributed by atoms with Gasteiger partial charge in [-0.3, -0.25) is 5.10 Å². The Kier molecular flexibility index (Phi) is 5.59. The first kappa shape index (κ1) is 18.7. The predicted octanol–water partition coefficient (Wildman–Crippen LogP) is 4.09. The smallest absolute Gasteiger partial charge is 0.318 e. The van der Waals surface area contributed by atoms with Crippen LogP contribution in [0.2, 0.25) is 0 Å². The summed E-state index contributed by atoms with van der Waals surface area (Å²) in [6.07, 6.45) is 0. The molecular weight excluding hydrogens is 342 g/mol. The van der Waals surface area contributed by atoms with E-state index in [1.54, 1.807) is 11.9 Å². The van der Waals surface area contributed by atoms with Crippen LogP contribution < -0.4 is 5.32 Å². The molecule has 0 aliphatic rings. The number of aromatic amines is 1. The van der Waals surface area contributed by atoms with Crippen LogP contribution in [0.15, 0.2) is 47.0 Å². The summed E-state index contributed by atoms with van der Waals surface area (Å²) in [4.78, 5) is 14.1. The fourth-order valence-electron chi connectivity index (χ4n) is 2.67. The molecule has 142 valence electrons. The molecule has 27 heavy (non-hydrogen) atoms. The Hall–Kier alpha value is -3.09. The molecule has 3 aromatic rings. The van der Waals surface area contributed by atoms with E-state index in [1.807, 2.05) is 63.2 Å². The number of hydrogen-bond donors (Lipinski definition) is 2. The number of urea groups is 1. The highest BCUT2D eigenvalue weighted by Gasteiger charge is 2.20. The van der Waals surface area contributed by atoms with E-state index in [9.17, 15) is 4.79 Å². The molecule has 7 nitrogen and oxygen atoms in total. The summed E-state index contributed by atoms with van der Waals surface area (Å²) in [6.45, 7) is 6.35. The number of carbonyl (C=O) groups is 1. The van der Waals surface area contributed by atoms with Gasteiger partial charge in [-0.1, -0.05) is 49.3 Å². The molecule has 2 N–H and O–H groups in total. The molecule has 1 aromatic carbocycles. The molecule has 3 rings (SSSR count). The van der Waals surface area contributed by atoms with Crippen molar-refractivity contribution in [2.24, 2.45) is 0 Å². The number of amides is 2. The van der Waals surface area contributed by atoms with Crippen LogP contribution in [0.1, 0.15) is 49.9 Å².